The van der Waals surface area contributed by atoms with E-state index in [1.807, 2.05) is 0 Å². The minimum atomic E-state index is 0.469. The Balaban J connectivity index is 1.04. The standard InChI is InChI=1S/C29H50N2O2/c1-21(2)17-29-10-6-13-31(29)25-16-23(20-33-27(25)19-29)15-22(3)8-11-28-9-5-12-30(28)24-7-4-14-32-26(24)18-28/h21-27H,4-20H2,1-3H3. The Labute approximate surface area is 203 Å². The molecule has 0 N–H and O–H groups in total. The molecule has 6 saturated heterocycles. The first kappa shape index (κ1) is 23.3. The van der Waals surface area contributed by atoms with Crippen molar-refractivity contribution in [1.82, 2.24) is 9.80 Å². The first-order valence-electron chi connectivity index (χ1n) is 14.7. The van der Waals surface area contributed by atoms with Crippen LogP contribution in [0.2, 0.25) is 0 Å². The molecule has 0 amide bonds. The van der Waals surface area contributed by atoms with Crippen LogP contribution in [0.5, 0.6) is 0 Å². The molecule has 0 aliphatic carbocycles. The molecule has 0 aromatic heterocycles. The Morgan fingerprint density at radius 1 is 0.879 bits per heavy atom. The molecule has 6 heterocycles. The summed E-state index contributed by atoms with van der Waals surface area (Å²) in [5.74, 6) is 2.38. The molecule has 6 aliphatic rings. The van der Waals surface area contributed by atoms with Gasteiger partial charge >= 0.3 is 0 Å². The van der Waals surface area contributed by atoms with Crippen LogP contribution in [0.4, 0.5) is 0 Å². The quantitative estimate of drug-likeness (QED) is 0.493. The van der Waals surface area contributed by atoms with Gasteiger partial charge in [-0.25, -0.2) is 0 Å². The summed E-state index contributed by atoms with van der Waals surface area (Å²) in [6.07, 6.45) is 18.9. The molecule has 8 atom stereocenters. The monoisotopic (exact) mass is 458 g/mol. The van der Waals surface area contributed by atoms with Crippen molar-refractivity contribution in [2.24, 2.45) is 17.8 Å². The van der Waals surface area contributed by atoms with Crippen LogP contribution in [0.25, 0.3) is 0 Å². The minimum absolute atomic E-state index is 0.469. The second-order valence-electron chi connectivity index (χ2n) is 13.6. The normalized spacial score (nSPS) is 46.4. The third kappa shape index (κ3) is 4.13. The topological polar surface area (TPSA) is 24.9 Å². The van der Waals surface area contributed by atoms with E-state index in [1.165, 1.54) is 96.6 Å². The van der Waals surface area contributed by atoms with Gasteiger partial charge in [-0.05, 0) is 114 Å². The first-order chi connectivity index (χ1) is 16.0. The molecule has 0 radical (unpaired) electrons. The predicted molar refractivity (Wildman–Crippen MR) is 133 cm³/mol. The van der Waals surface area contributed by atoms with Crippen LogP contribution in [0, 0.1) is 17.8 Å². The fourth-order valence-electron chi connectivity index (χ4n) is 9.77. The van der Waals surface area contributed by atoms with Crippen LogP contribution in [0.3, 0.4) is 0 Å². The number of ether oxygens (including phenoxy) is 2. The molecule has 0 spiro atoms. The second-order valence-corrected chi connectivity index (χ2v) is 13.6. The Kier molecular flexibility index (Phi) is 6.38. The highest BCUT2D eigenvalue weighted by Gasteiger charge is 2.56. The molecule has 4 heteroatoms. The van der Waals surface area contributed by atoms with E-state index in [9.17, 15) is 0 Å². The molecule has 4 nitrogen and oxygen atoms in total. The molecule has 6 fully saturated rings. The van der Waals surface area contributed by atoms with Crippen molar-refractivity contribution < 1.29 is 9.47 Å². The summed E-state index contributed by atoms with van der Waals surface area (Å²) in [7, 11) is 0. The number of hydrogen-bond acceptors (Lipinski definition) is 4. The van der Waals surface area contributed by atoms with E-state index in [0.717, 1.165) is 37.0 Å². The largest absolute Gasteiger partial charge is 0.377 e. The molecular weight excluding hydrogens is 408 g/mol. The maximum absolute atomic E-state index is 6.60. The maximum Gasteiger partial charge on any atom is 0.0748 e. The molecule has 6 aliphatic heterocycles. The lowest BCUT2D eigenvalue weighted by molar-refractivity contribution is -0.0471. The van der Waals surface area contributed by atoms with Gasteiger partial charge in [-0.2, -0.15) is 0 Å². The molecule has 0 aromatic rings. The third-order valence-electron chi connectivity index (χ3n) is 10.8. The number of nitrogens with zero attached hydrogens (tertiary/aromatic N) is 2. The summed E-state index contributed by atoms with van der Waals surface area (Å²) >= 11 is 0. The smallest absolute Gasteiger partial charge is 0.0748 e. The fraction of sp³-hybridized carbons (Fsp3) is 1.00. The number of hydrogen-bond donors (Lipinski definition) is 0. The van der Waals surface area contributed by atoms with Crippen molar-refractivity contribution in [1.29, 1.82) is 0 Å². The van der Waals surface area contributed by atoms with Gasteiger partial charge in [-0.1, -0.05) is 20.8 Å². The van der Waals surface area contributed by atoms with Gasteiger partial charge in [0.2, 0.25) is 0 Å². The van der Waals surface area contributed by atoms with E-state index >= 15 is 0 Å². The maximum atomic E-state index is 6.60. The minimum Gasteiger partial charge on any atom is -0.377 e. The van der Waals surface area contributed by atoms with E-state index in [2.05, 4.69) is 30.6 Å². The molecule has 8 unspecified atom stereocenters. The van der Waals surface area contributed by atoms with Crippen LogP contribution in [-0.2, 0) is 9.47 Å². The third-order valence-corrected chi connectivity index (χ3v) is 10.8. The molecule has 0 aromatic carbocycles. The molecule has 188 valence electrons. The number of rotatable bonds is 7. The van der Waals surface area contributed by atoms with Gasteiger partial charge in [0.05, 0.1) is 12.2 Å². The van der Waals surface area contributed by atoms with Crippen molar-refractivity contribution >= 4 is 0 Å². The molecule has 6 rings (SSSR count). The molecular formula is C29H50N2O2. The van der Waals surface area contributed by atoms with Gasteiger partial charge in [0, 0.05) is 36.4 Å². The summed E-state index contributed by atoms with van der Waals surface area (Å²) in [6.45, 7) is 12.0. The van der Waals surface area contributed by atoms with Gasteiger partial charge < -0.3 is 9.47 Å². The SMILES string of the molecule is CC(C)CC12CCCN1C1CC(CC(C)CCC34CCCN3C3CCCOC3C4)COC1C2. The van der Waals surface area contributed by atoms with E-state index in [4.69, 9.17) is 9.47 Å². The van der Waals surface area contributed by atoms with Crippen molar-refractivity contribution in [3.05, 3.63) is 0 Å². The van der Waals surface area contributed by atoms with Crippen LogP contribution in [0.1, 0.15) is 104 Å². The lowest BCUT2D eigenvalue weighted by atomic mass is 9.81. The highest BCUT2D eigenvalue weighted by atomic mass is 16.5. The zero-order chi connectivity index (χ0) is 22.6. The first-order valence-corrected chi connectivity index (χ1v) is 14.7. The zero-order valence-corrected chi connectivity index (χ0v) is 21.8. The average molecular weight is 459 g/mol. The van der Waals surface area contributed by atoms with Crippen LogP contribution < -0.4 is 0 Å². The summed E-state index contributed by atoms with van der Waals surface area (Å²) in [5.41, 5.74) is 0.940. The lowest BCUT2D eigenvalue weighted by Crippen LogP contribution is -2.47. The summed E-state index contributed by atoms with van der Waals surface area (Å²) in [6, 6.07) is 1.44. The Morgan fingerprint density at radius 3 is 2.42 bits per heavy atom. The fourth-order valence-corrected chi connectivity index (χ4v) is 9.77. The summed E-state index contributed by atoms with van der Waals surface area (Å²) in [5, 5.41) is 0. The lowest BCUT2D eigenvalue weighted by Gasteiger charge is -2.39. The Morgan fingerprint density at radius 2 is 1.61 bits per heavy atom. The van der Waals surface area contributed by atoms with Crippen molar-refractivity contribution in [3.63, 3.8) is 0 Å². The average Bonchev–Trinajstić information content (AvgIpc) is 3.49. The van der Waals surface area contributed by atoms with E-state index in [1.54, 1.807) is 0 Å². The van der Waals surface area contributed by atoms with E-state index < -0.39 is 0 Å². The summed E-state index contributed by atoms with van der Waals surface area (Å²) < 4.78 is 12.8. The Bertz CT molecular complexity index is 699. The highest BCUT2D eigenvalue weighted by molar-refractivity contribution is 5.11. The summed E-state index contributed by atoms with van der Waals surface area (Å²) in [4.78, 5) is 5.85. The van der Waals surface area contributed by atoms with E-state index in [0.29, 0.717) is 29.3 Å². The number of fused-ring (bicyclic) bond motifs is 6. The highest BCUT2D eigenvalue weighted by Crippen LogP contribution is 2.51. The molecule has 33 heavy (non-hydrogen) atoms. The van der Waals surface area contributed by atoms with Gasteiger partial charge in [0.25, 0.3) is 0 Å². The van der Waals surface area contributed by atoms with Crippen molar-refractivity contribution in [2.75, 3.05) is 26.3 Å². The molecule has 0 bridgehead atoms. The Hall–Kier alpha value is -0.160. The van der Waals surface area contributed by atoms with Crippen LogP contribution in [-0.4, -0.2) is 71.5 Å². The van der Waals surface area contributed by atoms with Crippen molar-refractivity contribution in [3.8, 4) is 0 Å². The van der Waals surface area contributed by atoms with E-state index in [-0.39, 0.29) is 0 Å². The van der Waals surface area contributed by atoms with Gasteiger partial charge in [0.15, 0.2) is 0 Å². The van der Waals surface area contributed by atoms with Crippen molar-refractivity contribution in [2.45, 2.75) is 140 Å². The van der Waals surface area contributed by atoms with Gasteiger partial charge in [-0.3, -0.25) is 9.80 Å². The van der Waals surface area contributed by atoms with Gasteiger partial charge in [0.1, 0.15) is 0 Å². The zero-order valence-electron chi connectivity index (χ0n) is 21.8. The van der Waals surface area contributed by atoms with Gasteiger partial charge in [-0.15, -0.1) is 0 Å². The second kappa shape index (κ2) is 9.05. The van der Waals surface area contributed by atoms with Crippen LogP contribution in [0.15, 0.2) is 0 Å². The van der Waals surface area contributed by atoms with Crippen LogP contribution >= 0.6 is 0 Å². The predicted octanol–water partition coefficient (Wildman–Crippen LogP) is 5.64. The molecule has 0 saturated carbocycles.